The fraction of sp³-hybridized carbons (Fsp3) is 0.385. The van der Waals surface area contributed by atoms with Gasteiger partial charge in [0.25, 0.3) is 5.91 Å². The molecule has 5 nitrogen and oxygen atoms in total. The van der Waals surface area contributed by atoms with Crippen LogP contribution in [0.4, 0.5) is 0 Å². The number of amides is 1. The van der Waals surface area contributed by atoms with Gasteiger partial charge in [0.05, 0.1) is 11.8 Å². The predicted molar refractivity (Wildman–Crippen MR) is 66.6 cm³/mol. The van der Waals surface area contributed by atoms with Gasteiger partial charge in [-0.15, -0.1) is 0 Å². The largest absolute Gasteiger partial charge is 0.505 e. The van der Waals surface area contributed by atoms with Gasteiger partial charge in [-0.2, -0.15) is 0 Å². The molecule has 5 heteroatoms. The van der Waals surface area contributed by atoms with E-state index >= 15 is 0 Å². The van der Waals surface area contributed by atoms with E-state index in [2.05, 4.69) is 5.32 Å². The number of nitrogens with one attached hydrogen (secondary N) is 1. The quantitative estimate of drug-likeness (QED) is 0.516. The predicted octanol–water partition coefficient (Wildman–Crippen LogP) is 1.12. The normalized spacial score (nSPS) is 17.3. The molecule has 98 valence electrons. The molecule has 0 aromatic heterocycles. The summed E-state index contributed by atoms with van der Waals surface area (Å²) in [5.41, 5.74) is 0.747. The van der Waals surface area contributed by atoms with Crippen LogP contribution in [0.3, 0.4) is 0 Å². The van der Waals surface area contributed by atoms with E-state index in [0.717, 1.165) is 5.57 Å². The van der Waals surface area contributed by atoms with E-state index in [1.54, 1.807) is 20.8 Å². The number of carbonyl (C=O) groups excluding carboxylic acids is 2. The summed E-state index contributed by atoms with van der Waals surface area (Å²) < 4.78 is 0. The topological polar surface area (TPSA) is 86.6 Å². The highest BCUT2D eigenvalue weighted by molar-refractivity contribution is 6.26. The molecule has 0 aliphatic carbocycles. The van der Waals surface area contributed by atoms with E-state index in [9.17, 15) is 14.7 Å². The monoisotopic (exact) mass is 251 g/mol. The Balaban J connectivity index is 2.95. The van der Waals surface area contributed by atoms with Crippen molar-refractivity contribution in [2.75, 3.05) is 0 Å². The van der Waals surface area contributed by atoms with Crippen molar-refractivity contribution in [2.24, 2.45) is 0 Å². The highest BCUT2D eigenvalue weighted by atomic mass is 16.3. The molecule has 0 bridgehead atoms. The standard InChI is InChI=1S/C13H17NO4/c1-7(2)11-12(17)10(13(18)14-11)9(16)6-4-5-8(3)15/h4,6,8,15,17H,5H2,1-3H3,(H,14,18). The third-order valence-electron chi connectivity index (χ3n) is 2.43. The van der Waals surface area contributed by atoms with Gasteiger partial charge in [0.1, 0.15) is 5.57 Å². The van der Waals surface area contributed by atoms with E-state index in [0.29, 0.717) is 6.42 Å². The lowest BCUT2D eigenvalue weighted by Crippen LogP contribution is -2.20. The van der Waals surface area contributed by atoms with Gasteiger partial charge in [0.15, 0.2) is 11.5 Å². The van der Waals surface area contributed by atoms with Crippen molar-refractivity contribution >= 4 is 11.7 Å². The number of ketones is 1. The molecule has 0 saturated heterocycles. The van der Waals surface area contributed by atoms with Crippen molar-refractivity contribution in [3.63, 3.8) is 0 Å². The van der Waals surface area contributed by atoms with Gasteiger partial charge in [-0.1, -0.05) is 6.08 Å². The average molecular weight is 251 g/mol. The first kappa shape index (κ1) is 14.2. The molecule has 0 spiro atoms. The maximum absolute atomic E-state index is 11.7. The van der Waals surface area contributed by atoms with Gasteiger partial charge in [-0.25, -0.2) is 0 Å². The second kappa shape index (κ2) is 5.64. The van der Waals surface area contributed by atoms with Crippen LogP contribution in [0.2, 0.25) is 0 Å². The molecule has 18 heavy (non-hydrogen) atoms. The van der Waals surface area contributed by atoms with Crippen molar-refractivity contribution < 1.29 is 19.8 Å². The molecule has 0 aromatic rings. The first-order chi connectivity index (χ1) is 8.34. The number of hydrogen-bond acceptors (Lipinski definition) is 4. The third kappa shape index (κ3) is 3.07. The van der Waals surface area contributed by atoms with Crippen molar-refractivity contribution in [1.29, 1.82) is 0 Å². The van der Waals surface area contributed by atoms with Crippen LogP contribution < -0.4 is 5.32 Å². The Kier molecular flexibility index (Phi) is 4.44. The van der Waals surface area contributed by atoms with Gasteiger partial charge < -0.3 is 15.5 Å². The number of aliphatic hydroxyl groups excluding tert-OH is 2. The fourth-order valence-corrected chi connectivity index (χ4v) is 1.51. The van der Waals surface area contributed by atoms with E-state index in [4.69, 9.17) is 5.11 Å². The Morgan fingerprint density at radius 2 is 2.06 bits per heavy atom. The maximum Gasteiger partial charge on any atom is 0.263 e. The lowest BCUT2D eigenvalue weighted by Gasteiger charge is -2.00. The summed E-state index contributed by atoms with van der Waals surface area (Å²) >= 11 is 0. The maximum atomic E-state index is 11.7. The molecule has 1 unspecified atom stereocenters. The Morgan fingerprint density at radius 3 is 2.50 bits per heavy atom. The SMILES string of the molecule is CC(C)=C1NC(=O)C(C(=O)C=CCC(C)O)=C1O. The van der Waals surface area contributed by atoms with E-state index < -0.39 is 17.8 Å². The van der Waals surface area contributed by atoms with Gasteiger partial charge >= 0.3 is 0 Å². The minimum absolute atomic E-state index is 0.256. The number of allylic oxidation sites excluding steroid dienone is 2. The van der Waals surface area contributed by atoms with Crippen LogP contribution >= 0.6 is 0 Å². The molecule has 0 fully saturated rings. The molecule has 1 aliphatic rings. The Labute approximate surface area is 106 Å². The van der Waals surface area contributed by atoms with E-state index in [-0.39, 0.29) is 17.0 Å². The summed E-state index contributed by atoms with van der Waals surface area (Å²) in [5, 5.41) is 21.3. The molecule has 0 aromatic carbocycles. The highest BCUT2D eigenvalue weighted by Crippen LogP contribution is 2.21. The average Bonchev–Trinajstić information content (AvgIpc) is 2.53. The molecule has 1 atom stereocenters. The molecule has 1 aliphatic heterocycles. The number of hydrogen-bond donors (Lipinski definition) is 3. The van der Waals surface area contributed by atoms with Crippen LogP contribution in [-0.2, 0) is 9.59 Å². The first-order valence-electron chi connectivity index (χ1n) is 5.66. The minimum atomic E-state index is -0.601. The summed E-state index contributed by atoms with van der Waals surface area (Å²) in [4.78, 5) is 23.3. The molecule has 1 heterocycles. The van der Waals surface area contributed by atoms with Crippen LogP contribution in [0, 0.1) is 0 Å². The van der Waals surface area contributed by atoms with Gasteiger partial charge in [0, 0.05) is 0 Å². The van der Waals surface area contributed by atoms with E-state index in [1.807, 2.05) is 0 Å². The fourth-order valence-electron chi connectivity index (χ4n) is 1.51. The van der Waals surface area contributed by atoms with Crippen LogP contribution in [0.15, 0.2) is 34.8 Å². The summed E-state index contributed by atoms with van der Waals surface area (Å²) in [6.07, 6.45) is 2.42. The van der Waals surface area contributed by atoms with Crippen LogP contribution in [-0.4, -0.2) is 28.0 Å². The van der Waals surface area contributed by atoms with Crippen LogP contribution in [0.1, 0.15) is 27.2 Å². The van der Waals surface area contributed by atoms with E-state index in [1.165, 1.54) is 12.2 Å². The zero-order valence-electron chi connectivity index (χ0n) is 10.7. The smallest absolute Gasteiger partial charge is 0.263 e. The summed E-state index contributed by atoms with van der Waals surface area (Å²) in [6.45, 7) is 5.04. The molecular formula is C13H17NO4. The second-order valence-electron chi connectivity index (χ2n) is 4.40. The van der Waals surface area contributed by atoms with Crippen molar-refractivity contribution in [1.82, 2.24) is 5.32 Å². The Bertz CT molecular complexity index is 465. The van der Waals surface area contributed by atoms with Crippen molar-refractivity contribution in [2.45, 2.75) is 33.3 Å². The van der Waals surface area contributed by atoms with Gasteiger partial charge in [0.2, 0.25) is 0 Å². The molecule has 3 N–H and O–H groups in total. The summed E-state index contributed by atoms with van der Waals surface area (Å²) in [7, 11) is 0. The van der Waals surface area contributed by atoms with Crippen molar-refractivity contribution in [3.05, 3.63) is 34.8 Å². The Hall–Kier alpha value is -1.88. The number of carbonyl (C=O) groups is 2. The lowest BCUT2D eigenvalue weighted by atomic mass is 10.1. The number of aliphatic hydroxyl groups is 2. The summed E-state index contributed by atoms with van der Waals surface area (Å²) in [5.74, 6) is -1.48. The number of rotatable bonds is 4. The van der Waals surface area contributed by atoms with Crippen LogP contribution in [0.25, 0.3) is 0 Å². The van der Waals surface area contributed by atoms with Crippen LogP contribution in [0.5, 0.6) is 0 Å². The molecule has 1 amide bonds. The van der Waals surface area contributed by atoms with Gasteiger partial charge in [-0.05, 0) is 38.8 Å². The molecule has 0 radical (unpaired) electrons. The van der Waals surface area contributed by atoms with Crippen molar-refractivity contribution in [3.8, 4) is 0 Å². The Morgan fingerprint density at radius 1 is 1.44 bits per heavy atom. The minimum Gasteiger partial charge on any atom is -0.505 e. The molecule has 0 saturated carbocycles. The zero-order valence-corrected chi connectivity index (χ0v) is 10.7. The molecule has 1 rings (SSSR count). The lowest BCUT2D eigenvalue weighted by molar-refractivity contribution is -0.119. The third-order valence-corrected chi connectivity index (χ3v) is 2.43. The first-order valence-corrected chi connectivity index (χ1v) is 5.66. The summed E-state index contributed by atoms with van der Waals surface area (Å²) in [6, 6.07) is 0. The highest BCUT2D eigenvalue weighted by Gasteiger charge is 2.31. The second-order valence-corrected chi connectivity index (χ2v) is 4.40. The zero-order chi connectivity index (χ0) is 13.9. The molecular weight excluding hydrogens is 234 g/mol. The van der Waals surface area contributed by atoms with Gasteiger partial charge in [-0.3, -0.25) is 9.59 Å².